The summed E-state index contributed by atoms with van der Waals surface area (Å²) in [6.07, 6.45) is 1.73. The van der Waals surface area contributed by atoms with Gasteiger partial charge in [0, 0.05) is 17.0 Å². The SMILES string of the molecule is O=C(CSCc1ccccn1)NC(CO)c1ccc(Cl)cc1. The lowest BCUT2D eigenvalue weighted by Crippen LogP contribution is -2.32. The molecule has 0 aliphatic carbocycles. The Labute approximate surface area is 138 Å². The van der Waals surface area contributed by atoms with Crippen LogP contribution in [0.15, 0.2) is 48.7 Å². The number of hydrogen-bond acceptors (Lipinski definition) is 4. The maximum absolute atomic E-state index is 12.0. The fourth-order valence-electron chi connectivity index (χ4n) is 1.90. The lowest BCUT2D eigenvalue weighted by molar-refractivity contribution is -0.119. The van der Waals surface area contributed by atoms with Crippen LogP contribution in [0.2, 0.25) is 5.02 Å². The monoisotopic (exact) mass is 336 g/mol. The minimum absolute atomic E-state index is 0.116. The van der Waals surface area contributed by atoms with Gasteiger partial charge in [0.1, 0.15) is 0 Å². The first-order chi connectivity index (χ1) is 10.7. The second kappa shape index (κ2) is 8.78. The molecule has 1 heterocycles. The second-order valence-corrected chi connectivity index (χ2v) is 6.09. The maximum atomic E-state index is 12.0. The Kier molecular flexibility index (Phi) is 6.71. The van der Waals surface area contributed by atoms with E-state index in [2.05, 4.69) is 10.3 Å². The van der Waals surface area contributed by atoms with Gasteiger partial charge in [0.05, 0.1) is 24.1 Å². The molecule has 2 N–H and O–H groups in total. The number of amides is 1. The van der Waals surface area contributed by atoms with Gasteiger partial charge in [0.25, 0.3) is 0 Å². The standard InChI is InChI=1S/C16H17ClN2O2S/c17-13-6-4-12(5-7-13)15(9-20)19-16(21)11-22-10-14-3-1-2-8-18-14/h1-8,15,20H,9-11H2,(H,19,21). The van der Waals surface area contributed by atoms with Gasteiger partial charge in [-0.3, -0.25) is 9.78 Å². The summed E-state index contributed by atoms with van der Waals surface area (Å²) >= 11 is 7.32. The summed E-state index contributed by atoms with van der Waals surface area (Å²) in [6.45, 7) is -0.154. The van der Waals surface area contributed by atoms with Crippen molar-refractivity contribution >= 4 is 29.3 Å². The van der Waals surface area contributed by atoms with Crippen molar-refractivity contribution < 1.29 is 9.90 Å². The zero-order valence-electron chi connectivity index (χ0n) is 11.9. The van der Waals surface area contributed by atoms with Crippen molar-refractivity contribution in [1.82, 2.24) is 10.3 Å². The number of hydrogen-bond donors (Lipinski definition) is 2. The average molecular weight is 337 g/mol. The van der Waals surface area contributed by atoms with Gasteiger partial charge in [0.2, 0.25) is 5.91 Å². The van der Waals surface area contributed by atoms with Crippen LogP contribution >= 0.6 is 23.4 Å². The molecule has 4 nitrogen and oxygen atoms in total. The van der Waals surface area contributed by atoms with Gasteiger partial charge in [-0.15, -0.1) is 11.8 Å². The van der Waals surface area contributed by atoms with Crippen LogP contribution < -0.4 is 5.32 Å². The number of rotatable bonds is 7. The average Bonchev–Trinajstić information content (AvgIpc) is 2.54. The predicted octanol–water partition coefficient (Wildman–Crippen LogP) is 2.82. The van der Waals surface area contributed by atoms with E-state index in [9.17, 15) is 9.90 Å². The van der Waals surface area contributed by atoms with Crippen LogP contribution in [0.4, 0.5) is 0 Å². The Balaban J connectivity index is 1.81. The molecule has 2 aromatic rings. The molecule has 0 bridgehead atoms. The molecule has 1 unspecified atom stereocenters. The molecule has 2 rings (SSSR count). The van der Waals surface area contributed by atoms with Crippen molar-refractivity contribution in [2.45, 2.75) is 11.8 Å². The number of pyridine rings is 1. The Hall–Kier alpha value is -1.56. The molecule has 1 aromatic heterocycles. The van der Waals surface area contributed by atoms with Crippen LogP contribution in [0, 0.1) is 0 Å². The Bertz CT molecular complexity index is 593. The first kappa shape index (κ1) is 16.8. The molecular weight excluding hydrogens is 320 g/mol. The summed E-state index contributed by atoms with van der Waals surface area (Å²) in [5.41, 5.74) is 1.77. The van der Waals surface area contributed by atoms with Crippen LogP contribution in [0.5, 0.6) is 0 Å². The lowest BCUT2D eigenvalue weighted by atomic mass is 10.1. The highest BCUT2D eigenvalue weighted by atomic mass is 35.5. The van der Waals surface area contributed by atoms with Crippen molar-refractivity contribution in [3.05, 3.63) is 64.9 Å². The summed E-state index contributed by atoms with van der Waals surface area (Å²) in [6, 6.07) is 12.4. The van der Waals surface area contributed by atoms with E-state index >= 15 is 0 Å². The minimum Gasteiger partial charge on any atom is -0.394 e. The highest BCUT2D eigenvalue weighted by Gasteiger charge is 2.13. The third kappa shape index (κ3) is 5.33. The predicted molar refractivity (Wildman–Crippen MR) is 89.8 cm³/mol. The maximum Gasteiger partial charge on any atom is 0.230 e. The molecule has 0 radical (unpaired) electrons. The summed E-state index contributed by atoms with van der Waals surface area (Å²) in [4.78, 5) is 16.2. The number of aliphatic hydroxyl groups is 1. The molecule has 0 spiro atoms. The first-order valence-corrected chi connectivity index (χ1v) is 8.35. The van der Waals surface area contributed by atoms with Gasteiger partial charge in [-0.1, -0.05) is 29.8 Å². The number of nitrogens with zero attached hydrogens (tertiary/aromatic N) is 1. The van der Waals surface area contributed by atoms with Crippen LogP contribution in [0.3, 0.4) is 0 Å². The van der Waals surface area contributed by atoms with Crippen LogP contribution in [-0.4, -0.2) is 28.4 Å². The van der Waals surface area contributed by atoms with Crippen LogP contribution in [0.25, 0.3) is 0 Å². The van der Waals surface area contributed by atoms with Crippen molar-refractivity contribution in [1.29, 1.82) is 0 Å². The number of carbonyl (C=O) groups excluding carboxylic acids is 1. The number of thioether (sulfide) groups is 1. The second-order valence-electron chi connectivity index (χ2n) is 4.67. The molecule has 22 heavy (non-hydrogen) atoms. The normalized spacial score (nSPS) is 11.9. The number of carbonyl (C=O) groups is 1. The van der Waals surface area contributed by atoms with Crippen molar-refractivity contribution in [3.8, 4) is 0 Å². The summed E-state index contributed by atoms with van der Waals surface area (Å²) in [5, 5.41) is 12.9. The summed E-state index contributed by atoms with van der Waals surface area (Å²) < 4.78 is 0. The van der Waals surface area contributed by atoms with Gasteiger partial charge in [0.15, 0.2) is 0 Å². The van der Waals surface area contributed by atoms with Crippen LogP contribution in [-0.2, 0) is 10.5 Å². The molecule has 0 saturated carbocycles. The molecular formula is C16H17ClN2O2S. The fraction of sp³-hybridized carbons (Fsp3) is 0.250. The van der Waals surface area contributed by atoms with Gasteiger partial charge in [-0.25, -0.2) is 0 Å². The van der Waals surface area contributed by atoms with E-state index in [0.29, 0.717) is 16.5 Å². The summed E-state index contributed by atoms with van der Waals surface area (Å²) in [7, 11) is 0. The molecule has 1 atom stereocenters. The van der Waals surface area contributed by atoms with Gasteiger partial charge < -0.3 is 10.4 Å². The topological polar surface area (TPSA) is 62.2 Å². The summed E-state index contributed by atoms with van der Waals surface area (Å²) in [5.74, 6) is 0.884. The third-order valence-electron chi connectivity index (χ3n) is 3.00. The van der Waals surface area contributed by atoms with E-state index in [4.69, 9.17) is 11.6 Å². The van der Waals surface area contributed by atoms with Crippen molar-refractivity contribution in [2.24, 2.45) is 0 Å². The molecule has 1 amide bonds. The molecule has 116 valence electrons. The largest absolute Gasteiger partial charge is 0.394 e. The van der Waals surface area contributed by atoms with E-state index in [1.807, 2.05) is 18.2 Å². The fourth-order valence-corrected chi connectivity index (χ4v) is 2.77. The molecule has 0 saturated heterocycles. The molecule has 0 aliphatic rings. The van der Waals surface area contributed by atoms with E-state index in [1.54, 1.807) is 30.5 Å². The highest BCUT2D eigenvalue weighted by molar-refractivity contribution is 7.99. The molecule has 0 fully saturated rings. The van der Waals surface area contributed by atoms with Crippen molar-refractivity contribution in [2.75, 3.05) is 12.4 Å². The van der Waals surface area contributed by atoms with E-state index < -0.39 is 6.04 Å². The van der Waals surface area contributed by atoms with Gasteiger partial charge >= 0.3 is 0 Å². The Morgan fingerprint density at radius 3 is 2.68 bits per heavy atom. The van der Waals surface area contributed by atoms with Gasteiger partial charge in [-0.2, -0.15) is 0 Å². The smallest absolute Gasteiger partial charge is 0.230 e. The zero-order valence-corrected chi connectivity index (χ0v) is 13.5. The quantitative estimate of drug-likeness (QED) is 0.816. The van der Waals surface area contributed by atoms with E-state index in [1.165, 1.54) is 11.8 Å². The van der Waals surface area contributed by atoms with Crippen LogP contribution in [0.1, 0.15) is 17.3 Å². The number of halogens is 1. The van der Waals surface area contributed by atoms with Gasteiger partial charge in [-0.05, 0) is 29.8 Å². The zero-order chi connectivity index (χ0) is 15.8. The minimum atomic E-state index is -0.416. The molecule has 1 aromatic carbocycles. The Morgan fingerprint density at radius 1 is 1.27 bits per heavy atom. The highest BCUT2D eigenvalue weighted by Crippen LogP contribution is 2.17. The number of aliphatic hydroxyl groups excluding tert-OH is 1. The number of benzene rings is 1. The number of nitrogens with one attached hydrogen (secondary N) is 1. The van der Waals surface area contributed by atoms with E-state index in [-0.39, 0.29) is 12.5 Å². The molecule has 6 heteroatoms. The Morgan fingerprint density at radius 2 is 2.05 bits per heavy atom. The lowest BCUT2D eigenvalue weighted by Gasteiger charge is -2.16. The number of aromatic nitrogens is 1. The van der Waals surface area contributed by atoms with E-state index in [0.717, 1.165) is 11.3 Å². The first-order valence-electron chi connectivity index (χ1n) is 6.82. The third-order valence-corrected chi connectivity index (χ3v) is 4.22. The van der Waals surface area contributed by atoms with Crippen molar-refractivity contribution in [3.63, 3.8) is 0 Å². The molecule has 0 aliphatic heterocycles.